The SMILES string of the molecule is CNN/C(C)=C\I. The molecule has 0 spiro atoms. The molecule has 7 heavy (non-hydrogen) atoms. The molecule has 3 heteroatoms. The van der Waals surface area contributed by atoms with Gasteiger partial charge in [-0.15, -0.1) is 0 Å². The van der Waals surface area contributed by atoms with E-state index in [1.54, 1.807) is 0 Å². The van der Waals surface area contributed by atoms with Crippen LogP contribution in [0.5, 0.6) is 0 Å². The van der Waals surface area contributed by atoms with Crippen molar-refractivity contribution in [2.24, 2.45) is 0 Å². The Balaban J connectivity index is 3.17. The average Bonchev–Trinajstić information content (AvgIpc) is 1.68. The lowest BCUT2D eigenvalue weighted by Crippen LogP contribution is -2.24. The molecule has 42 valence electrons. The van der Waals surface area contributed by atoms with Crippen LogP contribution >= 0.6 is 22.6 Å². The van der Waals surface area contributed by atoms with Crippen molar-refractivity contribution in [1.82, 2.24) is 10.9 Å². The van der Waals surface area contributed by atoms with E-state index < -0.39 is 0 Å². The number of allylic oxidation sites excluding steroid dienone is 1. The van der Waals surface area contributed by atoms with Gasteiger partial charge in [-0.25, -0.2) is 5.43 Å². The molecule has 0 aliphatic carbocycles. The van der Waals surface area contributed by atoms with Gasteiger partial charge in [-0.2, -0.15) is 0 Å². The van der Waals surface area contributed by atoms with Gasteiger partial charge >= 0.3 is 0 Å². The molecule has 0 unspecified atom stereocenters. The van der Waals surface area contributed by atoms with E-state index >= 15 is 0 Å². The van der Waals surface area contributed by atoms with Gasteiger partial charge in [0.25, 0.3) is 0 Å². The fourth-order valence-electron chi connectivity index (χ4n) is 0.224. The molecule has 0 bridgehead atoms. The fraction of sp³-hybridized carbons (Fsp3) is 0.500. The maximum Gasteiger partial charge on any atom is 0.0291 e. The van der Waals surface area contributed by atoms with Crippen molar-refractivity contribution in [3.05, 3.63) is 9.78 Å². The van der Waals surface area contributed by atoms with E-state index in [1.165, 1.54) is 0 Å². The standard InChI is InChI=1S/C4H9IN2/c1-4(3-5)7-6-2/h3,6-7H,1-2H3/b4-3-. The Kier molecular flexibility index (Phi) is 4.53. The van der Waals surface area contributed by atoms with Crippen molar-refractivity contribution >= 4 is 22.6 Å². The molecule has 0 saturated heterocycles. The molecule has 0 amide bonds. The zero-order chi connectivity index (χ0) is 5.70. The predicted octanol–water partition coefficient (Wildman–Crippen LogP) is 1.01. The Labute approximate surface area is 57.5 Å². The fourth-order valence-corrected chi connectivity index (χ4v) is 0.380. The van der Waals surface area contributed by atoms with Crippen LogP contribution in [0.25, 0.3) is 0 Å². The van der Waals surface area contributed by atoms with Crippen molar-refractivity contribution in [3.8, 4) is 0 Å². The van der Waals surface area contributed by atoms with E-state index in [9.17, 15) is 0 Å². The van der Waals surface area contributed by atoms with E-state index in [0.29, 0.717) is 0 Å². The van der Waals surface area contributed by atoms with Crippen LogP contribution in [0.4, 0.5) is 0 Å². The van der Waals surface area contributed by atoms with E-state index in [4.69, 9.17) is 0 Å². The Bertz CT molecular complexity index is 70.1. The molecular formula is C4H9IN2. The lowest BCUT2D eigenvalue weighted by atomic mass is 10.6. The van der Waals surface area contributed by atoms with Gasteiger partial charge in [0.05, 0.1) is 0 Å². The van der Waals surface area contributed by atoms with E-state index in [-0.39, 0.29) is 0 Å². The van der Waals surface area contributed by atoms with Crippen molar-refractivity contribution < 1.29 is 0 Å². The molecule has 0 aromatic carbocycles. The summed E-state index contributed by atoms with van der Waals surface area (Å²) in [7, 11) is 1.84. The summed E-state index contributed by atoms with van der Waals surface area (Å²) in [4.78, 5) is 0. The molecule has 0 atom stereocenters. The van der Waals surface area contributed by atoms with Crippen LogP contribution in [0.1, 0.15) is 6.92 Å². The Morgan fingerprint density at radius 3 is 2.43 bits per heavy atom. The molecule has 0 fully saturated rings. The highest BCUT2D eigenvalue weighted by atomic mass is 127. The molecule has 0 aliphatic heterocycles. The summed E-state index contributed by atoms with van der Waals surface area (Å²) in [5, 5.41) is 0. The minimum absolute atomic E-state index is 1.13. The van der Waals surface area contributed by atoms with Crippen LogP contribution in [0.3, 0.4) is 0 Å². The average molecular weight is 212 g/mol. The van der Waals surface area contributed by atoms with Crippen molar-refractivity contribution in [1.29, 1.82) is 0 Å². The maximum absolute atomic E-state index is 2.90. The molecule has 0 saturated carbocycles. The van der Waals surface area contributed by atoms with Crippen LogP contribution in [0, 0.1) is 0 Å². The van der Waals surface area contributed by atoms with Gasteiger partial charge in [0, 0.05) is 12.7 Å². The largest absolute Gasteiger partial charge is 0.326 e. The second kappa shape index (κ2) is 4.39. The van der Waals surface area contributed by atoms with Gasteiger partial charge in [-0.1, -0.05) is 22.6 Å². The number of rotatable bonds is 2. The van der Waals surface area contributed by atoms with Gasteiger partial charge in [0.15, 0.2) is 0 Å². The third-order valence-electron chi connectivity index (χ3n) is 0.486. The van der Waals surface area contributed by atoms with E-state index in [0.717, 1.165) is 5.70 Å². The second-order valence-electron chi connectivity index (χ2n) is 1.17. The first kappa shape index (κ1) is 7.23. The predicted molar refractivity (Wildman–Crippen MR) is 40.0 cm³/mol. The third-order valence-corrected chi connectivity index (χ3v) is 1.42. The normalized spacial score (nSPS) is 11.6. The van der Waals surface area contributed by atoms with Crippen LogP contribution in [0.2, 0.25) is 0 Å². The monoisotopic (exact) mass is 212 g/mol. The van der Waals surface area contributed by atoms with Gasteiger partial charge in [-0.3, -0.25) is 0 Å². The van der Waals surface area contributed by atoms with Gasteiger partial charge in [0.2, 0.25) is 0 Å². The van der Waals surface area contributed by atoms with Crippen molar-refractivity contribution in [2.45, 2.75) is 6.92 Å². The summed E-state index contributed by atoms with van der Waals surface area (Å²) in [5.74, 6) is 0. The van der Waals surface area contributed by atoms with Crippen LogP contribution < -0.4 is 10.9 Å². The van der Waals surface area contributed by atoms with Crippen LogP contribution in [-0.2, 0) is 0 Å². The first-order valence-electron chi connectivity index (χ1n) is 2.01. The number of nitrogens with one attached hydrogen (secondary N) is 2. The van der Waals surface area contributed by atoms with Crippen LogP contribution in [0.15, 0.2) is 9.78 Å². The summed E-state index contributed by atoms with van der Waals surface area (Å²) in [6.07, 6.45) is 0. The van der Waals surface area contributed by atoms with Crippen molar-refractivity contribution in [2.75, 3.05) is 7.05 Å². The number of hydrazine groups is 1. The molecule has 0 aromatic heterocycles. The van der Waals surface area contributed by atoms with Gasteiger partial charge in [-0.05, 0) is 11.0 Å². The first-order valence-corrected chi connectivity index (χ1v) is 3.25. The minimum atomic E-state index is 1.13. The van der Waals surface area contributed by atoms with Gasteiger partial charge < -0.3 is 5.43 Å². The topological polar surface area (TPSA) is 24.1 Å². The molecular weight excluding hydrogens is 203 g/mol. The molecule has 0 aromatic rings. The number of hydrogen-bond acceptors (Lipinski definition) is 2. The second-order valence-corrected chi connectivity index (χ2v) is 1.79. The summed E-state index contributed by atoms with van der Waals surface area (Å²) in [6.45, 7) is 1.99. The Morgan fingerprint density at radius 1 is 1.71 bits per heavy atom. The maximum atomic E-state index is 2.90. The smallest absolute Gasteiger partial charge is 0.0291 e. The highest BCUT2D eigenvalue weighted by Crippen LogP contribution is 1.89. The zero-order valence-electron chi connectivity index (χ0n) is 4.46. The minimum Gasteiger partial charge on any atom is -0.326 e. The summed E-state index contributed by atoms with van der Waals surface area (Å²) < 4.78 is 1.97. The van der Waals surface area contributed by atoms with Crippen LogP contribution in [-0.4, -0.2) is 7.05 Å². The lowest BCUT2D eigenvalue weighted by molar-refractivity contribution is 0.692. The Morgan fingerprint density at radius 2 is 2.29 bits per heavy atom. The molecule has 0 radical (unpaired) electrons. The number of hydrogen-bond donors (Lipinski definition) is 2. The first-order chi connectivity index (χ1) is 3.31. The highest BCUT2D eigenvalue weighted by molar-refractivity contribution is 14.1. The number of halogens is 1. The zero-order valence-corrected chi connectivity index (χ0v) is 6.61. The quantitative estimate of drug-likeness (QED) is 0.527. The van der Waals surface area contributed by atoms with Crippen molar-refractivity contribution in [3.63, 3.8) is 0 Å². The molecule has 0 heterocycles. The molecule has 2 nitrogen and oxygen atoms in total. The summed E-state index contributed by atoms with van der Waals surface area (Å²) >= 11 is 2.17. The van der Waals surface area contributed by atoms with Gasteiger partial charge in [0.1, 0.15) is 0 Å². The molecule has 2 N–H and O–H groups in total. The molecule has 0 rings (SSSR count). The molecule has 0 aliphatic rings. The van der Waals surface area contributed by atoms with E-state index in [2.05, 4.69) is 33.4 Å². The lowest BCUT2D eigenvalue weighted by Gasteiger charge is -1.99. The Hall–Kier alpha value is 0.230. The summed E-state index contributed by atoms with van der Waals surface area (Å²) in [5.41, 5.74) is 6.82. The van der Waals surface area contributed by atoms with E-state index in [1.807, 2.05) is 18.1 Å². The highest BCUT2D eigenvalue weighted by Gasteiger charge is 1.75. The summed E-state index contributed by atoms with van der Waals surface area (Å²) in [6, 6.07) is 0. The third kappa shape index (κ3) is 4.08.